The van der Waals surface area contributed by atoms with E-state index in [0.29, 0.717) is 10.6 Å². The molecule has 5 nitrogen and oxygen atoms in total. The quantitative estimate of drug-likeness (QED) is 0.802. The van der Waals surface area contributed by atoms with Crippen LogP contribution in [0.15, 0.2) is 34.7 Å². The van der Waals surface area contributed by atoms with Crippen molar-refractivity contribution in [2.75, 3.05) is 5.32 Å². The lowest BCUT2D eigenvalue weighted by atomic mass is 10.1. The van der Waals surface area contributed by atoms with Gasteiger partial charge in [0.25, 0.3) is 5.91 Å². The third-order valence-electron chi connectivity index (χ3n) is 4.00. The first-order chi connectivity index (χ1) is 11.1. The van der Waals surface area contributed by atoms with E-state index in [2.05, 4.69) is 5.32 Å². The predicted octanol–water partition coefficient (Wildman–Crippen LogP) is 2.60. The Labute approximate surface area is 135 Å². The zero-order chi connectivity index (χ0) is 16.0. The molecule has 116 valence electrons. The number of rotatable bonds is 3. The van der Waals surface area contributed by atoms with Crippen molar-refractivity contribution >= 4 is 39.2 Å². The molecule has 1 aromatic carbocycles. The fourth-order valence-corrected chi connectivity index (χ4v) is 4.24. The molecule has 4 rings (SSSR count). The number of furan rings is 1. The standard InChI is InChI=1S/C17H13NO4S/c19-15(12-8-9-4-1-2-6-11(9)22-12)18-16-14(17(20)21)10-5-3-7-13(10)23-16/h1-2,4,6,8H,3,5,7H2,(H,18,19)(H,20,21)/p-1. The van der Waals surface area contributed by atoms with Gasteiger partial charge in [-0.15, -0.1) is 11.3 Å². The molecule has 0 saturated heterocycles. The van der Waals surface area contributed by atoms with E-state index in [1.165, 1.54) is 11.3 Å². The summed E-state index contributed by atoms with van der Waals surface area (Å²) in [7, 11) is 0. The summed E-state index contributed by atoms with van der Waals surface area (Å²) in [5.41, 5.74) is 1.54. The lowest BCUT2D eigenvalue weighted by molar-refractivity contribution is -0.254. The Bertz CT molecular complexity index is 904. The van der Waals surface area contributed by atoms with Gasteiger partial charge in [-0.05, 0) is 37.0 Å². The van der Waals surface area contributed by atoms with E-state index in [4.69, 9.17) is 4.42 Å². The SMILES string of the molecule is O=C(Nc1sc2c(c1C(=O)[O-])CCC2)c1cc2ccccc2o1. The number of amides is 1. The minimum Gasteiger partial charge on any atom is -0.545 e. The number of aromatic carboxylic acids is 1. The van der Waals surface area contributed by atoms with E-state index in [9.17, 15) is 14.7 Å². The Morgan fingerprint density at radius 1 is 1.22 bits per heavy atom. The molecule has 1 aliphatic rings. The van der Waals surface area contributed by atoms with Gasteiger partial charge < -0.3 is 19.6 Å². The average Bonchev–Trinajstić information content (AvgIpc) is 3.19. The van der Waals surface area contributed by atoms with Crippen molar-refractivity contribution in [1.82, 2.24) is 0 Å². The molecule has 3 aromatic rings. The first-order valence-electron chi connectivity index (χ1n) is 7.29. The molecule has 0 fully saturated rings. The molecule has 2 aromatic heterocycles. The van der Waals surface area contributed by atoms with E-state index < -0.39 is 11.9 Å². The molecule has 1 N–H and O–H groups in total. The van der Waals surface area contributed by atoms with Crippen molar-refractivity contribution in [2.45, 2.75) is 19.3 Å². The average molecular weight is 326 g/mol. The normalized spacial score (nSPS) is 13.2. The highest BCUT2D eigenvalue weighted by atomic mass is 32.1. The van der Waals surface area contributed by atoms with Gasteiger partial charge >= 0.3 is 0 Å². The summed E-state index contributed by atoms with van der Waals surface area (Å²) in [6.45, 7) is 0. The topological polar surface area (TPSA) is 82.4 Å². The number of nitrogens with one attached hydrogen (secondary N) is 1. The van der Waals surface area contributed by atoms with E-state index >= 15 is 0 Å². The van der Waals surface area contributed by atoms with E-state index in [1.54, 1.807) is 12.1 Å². The highest BCUT2D eigenvalue weighted by molar-refractivity contribution is 7.17. The van der Waals surface area contributed by atoms with Gasteiger partial charge in [-0.1, -0.05) is 18.2 Å². The number of carboxylic acid groups (broad SMARTS) is 1. The number of hydrogen-bond acceptors (Lipinski definition) is 5. The molecule has 0 aliphatic heterocycles. The lowest BCUT2D eigenvalue weighted by Crippen LogP contribution is -2.25. The number of para-hydroxylation sites is 1. The third-order valence-corrected chi connectivity index (χ3v) is 5.21. The molecule has 0 spiro atoms. The Kier molecular flexibility index (Phi) is 3.20. The van der Waals surface area contributed by atoms with Crippen molar-refractivity contribution in [1.29, 1.82) is 0 Å². The number of anilines is 1. The second-order valence-corrected chi connectivity index (χ2v) is 6.56. The number of carboxylic acids is 1. The molecular weight excluding hydrogens is 314 g/mol. The van der Waals surface area contributed by atoms with Crippen molar-refractivity contribution < 1.29 is 19.1 Å². The van der Waals surface area contributed by atoms with Gasteiger partial charge in [0, 0.05) is 15.8 Å². The second kappa shape index (κ2) is 5.24. The van der Waals surface area contributed by atoms with Gasteiger partial charge in [-0.25, -0.2) is 0 Å². The van der Waals surface area contributed by atoms with Crippen molar-refractivity contribution in [2.24, 2.45) is 0 Å². The molecular formula is C17H12NO4S-. The summed E-state index contributed by atoms with van der Waals surface area (Å²) < 4.78 is 5.51. The van der Waals surface area contributed by atoms with E-state index in [-0.39, 0.29) is 11.3 Å². The molecule has 6 heteroatoms. The second-order valence-electron chi connectivity index (χ2n) is 5.45. The maximum Gasteiger partial charge on any atom is 0.292 e. The summed E-state index contributed by atoms with van der Waals surface area (Å²) in [4.78, 5) is 24.8. The highest BCUT2D eigenvalue weighted by Crippen LogP contribution is 2.39. The van der Waals surface area contributed by atoms with Crippen LogP contribution in [0.3, 0.4) is 0 Å². The molecule has 0 atom stereocenters. The minimum atomic E-state index is -1.25. The maximum atomic E-state index is 12.4. The smallest absolute Gasteiger partial charge is 0.292 e. The summed E-state index contributed by atoms with van der Waals surface area (Å²) >= 11 is 1.31. The summed E-state index contributed by atoms with van der Waals surface area (Å²) in [6.07, 6.45) is 2.51. The van der Waals surface area contributed by atoms with Crippen molar-refractivity contribution in [3.8, 4) is 0 Å². The minimum absolute atomic E-state index is 0.118. The molecule has 1 aliphatic carbocycles. The van der Waals surface area contributed by atoms with Crippen LogP contribution in [0.4, 0.5) is 5.00 Å². The zero-order valence-electron chi connectivity index (χ0n) is 12.0. The number of carbonyl (C=O) groups is 2. The Hall–Kier alpha value is -2.60. The number of thiophene rings is 1. The summed E-state index contributed by atoms with van der Waals surface area (Å²) in [6, 6.07) is 8.95. The first-order valence-corrected chi connectivity index (χ1v) is 8.11. The first kappa shape index (κ1) is 14.0. The van der Waals surface area contributed by atoms with Crippen molar-refractivity contribution in [3.05, 3.63) is 52.1 Å². The van der Waals surface area contributed by atoms with Crippen LogP contribution in [0, 0.1) is 0 Å². The summed E-state index contributed by atoms with van der Waals surface area (Å²) in [5, 5.41) is 15.2. The van der Waals surface area contributed by atoms with Crippen LogP contribution < -0.4 is 10.4 Å². The molecule has 2 heterocycles. The summed E-state index contributed by atoms with van der Waals surface area (Å²) in [5.74, 6) is -1.54. The fourth-order valence-electron chi connectivity index (χ4n) is 2.97. The molecule has 0 radical (unpaired) electrons. The Morgan fingerprint density at radius 3 is 2.83 bits per heavy atom. The highest BCUT2D eigenvalue weighted by Gasteiger charge is 2.24. The number of benzene rings is 1. The third kappa shape index (κ3) is 2.31. The lowest BCUT2D eigenvalue weighted by Gasteiger charge is -2.07. The van der Waals surface area contributed by atoms with Crippen LogP contribution in [-0.4, -0.2) is 11.9 Å². The molecule has 0 bridgehead atoms. The van der Waals surface area contributed by atoms with Crippen LogP contribution in [0.1, 0.15) is 37.8 Å². The van der Waals surface area contributed by atoms with Crippen LogP contribution >= 0.6 is 11.3 Å². The van der Waals surface area contributed by atoms with Crippen LogP contribution in [-0.2, 0) is 12.8 Å². The zero-order valence-corrected chi connectivity index (χ0v) is 12.9. The van der Waals surface area contributed by atoms with Gasteiger partial charge in [-0.2, -0.15) is 0 Å². The Morgan fingerprint density at radius 2 is 2.04 bits per heavy atom. The number of fused-ring (bicyclic) bond motifs is 2. The van der Waals surface area contributed by atoms with Gasteiger partial charge in [0.1, 0.15) is 10.6 Å². The Balaban J connectivity index is 1.68. The monoisotopic (exact) mass is 326 g/mol. The van der Waals surface area contributed by atoms with Gasteiger partial charge in [0.05, 0.1) is 5.97 Å². The molecule has 23 heavy (non-hydrogen) atoms. The van der Waals surface area contributed by atoms with Gasteiger partial charge in [-0.3, -0.25) is 4.79 Å². The number of hydrogen-bond donors (Lipinski definition) is 1. The van der Waals surface area contributed by atoms with Crippen molar-refractivity contribution in [3.63, 3.8) is 0 Å². The van der Waals surface area contributed by atoms with E-state index in [0.717, 1.165) is 35.1 Å². The van der Waals surface area contributed by atoms with Crippen LogP contribution in [0.5, 0.6) is 0 Å². The van der Waals surface area contributed by atoms with Gasteiger partial charge in [0.15, 0.2) is 5.76 Å². The maximum absolute atomic E-state index is 12.4. The van der Waals surface area contributed by atoms with E-state index in [1.807, 2.05) is 18.2 Å². The predicted molar refractivity (Wildman–Crippen MR) is 84.8 cm³/mol. The van der Waals surface area contributed by atoms with Crippen LogP contribution in [0.2, 0.25) is 0 Å². The molecule has 0 saturated carbocycles. The fraction of sp³-hybridized carbons (Fsp3) is 0.176. The number of aryl methyl sites for hydroxylation is 1. The van der Waals surface area contributed by atoms with Gasteiger partial charge in [0.2, 0.25) is 0 Å². The molecule has 1 amide bonds. The molecule has 0 unspecified atom stereocenters. The largest absolute Gasteiger partial charge is 0.545 e. The number of carbonyl (C=O) groups excluding carboxylic acids is 2. The van der Waals surface area contributed by atoms with Crippen LogP contribution in [0.25, 0.3) is 11.0 Å².